The molecule has 1 aromatic carbocycles. The van der Waals surface area contributed by atoms with Crippen LogP contribution < -0.4 is 0 Å². The van der Waals surface area contributed by atoms with Crippen LogP contribution in [-0.2, 0) is 0 Å². The molecule has 3 nitrogen and oxygen atoms in total. The Balaban J connectivity index is 2.76. The third-order valence-corrected chi connectivity index (χ3v) is 2.63. The maximum absolute atomic E-state index is 11.8. The first kappa shape index (κ1) is 12.4. The molecule has 0 saturated heterocycles. The lowest BCUT2D eigenvalue weighted by molar-refractivity contribution is 0.0703. The van der Waals surface area contributed by atoms with Crippen LogP contribution in [0, 0.1) is 3.57 Å². The minimum Gasteiger partial charge on any atom is -0.392 e. The van der Waals surface area contributed by atoms with E-state index in [0.29, 0.717) is 12.1 Å². The normalized spacial score (nSPS) is 12.3. The van der Waals surface area contributed by atoms with E-state index in [9.17, 15) is 9.90 Å². The van der Waals surface area contributed by atoms with Crippen LogP contribution >= 0.6 is 22.6 Å². The Bertz CT molecular complexity index is 352. The van der Waals surface area contributed by atoms with Crippen LogP contribution in [0.25, 0.3) is 0 Å². The Kier molecular flexibility index (Phi) is 4.53. The number of hydrogen-bond donors (Lipinski definition) is 1. The molecule has 0 aliphatic carbocycles. The van der Waals surface area contributed by atoms with Gasteiger partial charge in [0.2, 0.25) is 0 Å². The molecule has 0 saturated carbocycles. The Hall–Kier alpha value is -0.620. The third kappa shape index (κ3) is 3.79. The van der Waals surface area contributed by atoms with Crippen molar-refractivity contribution in [3.63, 3.8) is 0 Å². The van der Waals surface area contributed by atoms with E-state index >= 15 is 0 Å². The van der Waals surface area contributed by atoms with Gasteiger partial charge in [-0.15, -0.1) is 0 Å². The van der Waals surface area contributed by atoms with E-state index < -0.39 is 6.10 Å². The molecule has 1 unspecified atom stereocenters. The molecule has 0 spiro atoms. The van der Waals surface area contributed by atoms with Gasteiger partial charge >= 0.3 is 0 Å². The van der Waals surface area contributed by atoms with E-state index in [1.807, 2.05) is 18.2 Å². The van der Waals surface area contributed by atoms with Crippen LogP contribution in [0.15, 0.2) is 24.3 Å². The van der Waals surface area contributed by atoms with Crippen molar-refractivity contribution in [2.24, 2.45) is 0 Å². The number of aliphatic hydroxyl groups is 1. The van der Waals surface area contributed by atoms with Gasteiger partial charge in [-0.2, -0.15) is 0 Å². The van der Waals surface area contributed by atoms with Gasteiger partial charge in [-0.1, -0.05) is 6.07 Å². The predicted molar refractivity (Wildman–Crippen MR) is 67.8 cm³/mol. The fourth-order valence-corrected chi connectivity index (χ4v) is 1.86. The monoisotopic (exact) mass is 319 g/mol. The van der Waals surface area contributed by atoms with Crippen molar-refractivity contribution in [3.05, 3.63) is 33.4 Å². The first-order valence-electron chi connectivity index (χ1n) is 4.70. The molecule has 1 N–H and O–H groups in total. The average Bonchev–Trinajstić information content (AvgIpc) is 2.15. The maximum atomic E-state index is 11.8. The second-order valence-corrected chi connectivity index (χ2v) is 4.79. The minimum absolute atomic E-state index is 0.0607. The molecule has 1 rings (SSSR count). The molecular weight excluding hydrogens is 305 g/mol. The Morgan fingerprint density at radius 2 is 2.27 bits per heavy atom. The molecule has 1 atom stereocenters. The van der Waals surface area contributed by atoms with E-state index in [-0.39, 0.29) is 5.91 Å². The van der Waals surface area contributed by atoms with E-state index in [0.717, 1.165) is 3.57 Å². The van der Waals surface area contributed by atoms with Gasteiger partial charge in [0.25, 0.3) is 5.91 Å². The summed E-state index contributed by atoms with van der Waals surface area (Å²) in [6.45, 7) is 2.02. The van der Waals surface area contributed by atoms with E-state index in [4.69, 9.17) is 0 Å². The van der Waals surface area contributed by atoms with Crippen molar-refractivity contribution < 1.29 is 9.90 Å². The van der Waals surface area contributed by atoms with Gasteiger partial charge in [0.05, 0.1) is 6.10 Å². The zero-order chi connectivity index (χ0) is 11.4. The Morgan fingerprint density at radius 3 is 2.80 bits per heavy atom. The van der Waals surface area contributed by atoms with Crippen molar-refractivity contribution in [1.82, 2.24) is 4.90 Å². The molecule has 0 heterocycles. The fourth-order valence-electron chi connectivity index (χ4n) is 1.32. The van der Waals surface area contributed by atoms with Gasteiger partial charge in [-0.25, -0.2) is 0 Å². The van der Waals surface area contributed by atoms with Gasteiger partial charge in [-0.05, 0) is 47.7 Å². The van der Waals surface area contributed by atoms with Crippen LogP contribution in [-0.4, -0.2) is 35.6 Å². The maximum Gasteiger partial charge on any atom is 0.253 e. The van der Waals surface area contributed by atoms with Crippen molar-refractivity contribution in [2.75, 3.05) is 13.6 Å². The molecule has 0 aromatic heterocycles. The average molecular weight is 319 g/mol. The highest BCUT2D eigenvalue weighted by Crippen LogP contribution is 2.09. The smallest absolute Gasteiger partial charge is 0.253 e. The second kappa shape index (κ2) is 5.46. The molecule has 1 aromatic rings. The van der Waals surface area contributed by atoms with Gasteiger partial charge in [0.1, 0.15) is 0 Å². The second-order valence-electron chi connectivity index (χ2n) is 3.55. The number of rotatable bonds is 3. The molecule has 0 bridgehead atoms. The zero-order valence-electron chi connectivity index (χ0n) is 8.77. The van der Waals surface area contributed by atoms with Crippen molar-refractivity contribution in [2.45, 2.75) is 13.0 Å². The van der Waals surface area contributed by atoms with Crippen molar-refractivity contribution in [1.29, 1.82) is 0 Å². The van der Waals surface area contributed by atoms with E-state index in [2.05, 4.69) is 22.6 Å². The summed E-state index contributed by atoms with van der Waals surface area (Å²) in [5, 5.41) is 9.18. The summed E-state index contributed by atoms with van der Waals surface area (Å²) in [6, 6.07) is 7.40. The number of aliphatic hydroxyl groups excluding tert-OH is 1. The molecular formula is C11H14INO2. The molecule has 0 aliphatic rings. The number of nitrogens with zero attached hydrogens (tertiary/aromatic N) is 1. The quantitative estimate of drug-likeness (QED) is 0.862. The third-order valence-electron chi connectivity index (χ3n) is 1.96. The van der Waals surface area contributed by atoms with E-state index in [1.54, 1.807) is 20.0 Å². The number of carbonyl (C=O) groups excluding carboxylic acids is 1. The van der Waals surface area contributed by atoms with Crippen LogP contribution in [0.2, 0.25) is 0 Å². The van der Waals surface area contributed by atoms with Gasteiger partial charge in [0.15, 0.2) is 0 Å². The summed E-state index contributed by atoms with van der Waals surface area (Å²) in [5.74, 6) is -0.0607. The zero-order valence-corrected chi connectivity index (χ0v) is 10.9. The summed E-state index contributed by atoms with van der Waals surface area (Å²) < 4.78 is 1.03. The highest BCUT2D eigenvalue weighted by molar-refractivity contribution is 14.1. The van der Waals surface area contributed by atoms with Crippen LogP contribution in [0.3, 0.4) is 0 Å². The van der Waals surface area contributed by atoms with Crippen LogP contribution in [0.5, 0.6) is 0 Å². The largest absolute Gasteiger partial charge is 0.392 e. The number of halogens is 1. The highest BCUT2D eigenvalue weighted by atomic mass is 127. The van der Waals surface area contributed by atoms with Crippen LogP contribution in [0.1, 0.15) is 17.3 Å². The topological polar surface area (TPSA) is 40.5 Å². The molecule has 0 fully saturated rings. The predicted octanol–water partition coefficient (Wildman–Crippen LogP) is 1.74. The highest BCUT2D eigenvalue weighted by Gasteiger charge is 2.12. The number of benzene rings is 1. The number of likely N-dealkylation sites (N-methyl/N-ethyl adjacent to an activating group) is 1. The van der Waals surface area contributed by atoms with Crippen molar-refractivity contribution in [3.8, 4) is 0 Å². The van der Waals surface area contributed by atoms with Crippen LogP contribution in [0.4, 0.5) is 0 Å². The lowest BCUT2D eigenvalue weighted by Crippen LogP contribution is -2.33. The summed E-state index contributed by atoms with van der Waals surface area (Å²) in [5.41, 5.74) is 0.657. The van der Waals surface area contributed by atoms with Crippen molar-refractivity contribution >= 4 is 28.5 Å². The number of amides is 1. The number of hydrogen-bond acceptors (Lipinski definition) is 2. The molecule has 82 valence electrons. The lowest BCUT2D eigenvalue weighted by atomic mass is 10.2. The first-order chi connectivity index (χ1) is 7.00. The molecule has 0 aliphatic heterocycles. The van der Waals surface area contributed by atoms with E-state index in [1.165, 1.54) is 4.90 Å². The van der Waals surface area contributed by atoms with Gasteiger partial charge in [-0.3, -0.25) is 4.79 Å². The number of carbonyl (C=O) groups is 1. The summed E-state index contributed by atoms with van der Waals surface area (Å²) in [7, 11) is 1.69. The van der Waals surface area contributed by atoms with Gasteiger partial charge < -0.3 is 10.0 Å². The first-order valence-corrected chi connectivity index (χ1v) is 5.77. The molecule has 1 amide bonds. The Labute approximate surface area is 103 Å². The fraction of sp³-hybridized carbons (Fsp3) is 0.364. The molecule has 4 heteroatoms. The summed E-state index contributed by atoms with van der Waals surface area (Å²) >= 11 is 2.17. The summed E-state index contributed by atoms with van der Waals surface area (Å²) in [6.07, 6.45) is -0.498. The molecule has 0 radical (unpaired) electrons. The van der Waals surface area contributed by atoms with Gasteiger partial charge in [0, 0.05) is 22.7 Å². The summed E-state index contributed by atoms with van der Waals surface area (Å²) in [4.78, 5) is 13.4. The minimum atomic E-state index is -0.498. The lowest BCUT2D eigenvalue weighted by Gasteiger charge is -2.18. The SMILES string of the molecule is CC(O)CN(C)C(=O)c1cccc(I)c1. The molecule has 15 heavy (non-hydrogen) atoms. The Morgan fingerprint density at radius 1 is 1.60 bits per heavy atom. The standard InChI is InChI=1S/C11H14INO2/c1-8(14)7-13(2)11(15)9-4-3-5-10(12)6-9/h3-6,8,14H,7H2,1-2H3.